The molecule has 1 unspecified atom stereocenters. The van der Waals surface area contributed by atoms with Crippen LogP contribution in [0.5, 0.6) is 0 Å². The van der Waals surface area contributed by atoms with E-state index in [4.69, 9.17) is 4.98 Å². The van der Waals surface area contributed by atoms with Crippen LogP contribution in [0, 0.1) is 5.92 Å². The van der Waals surface area contributed by atoms with Crippen LogP contribution in [0.2, 0.25) is 0 Å². The normalized spacial score (nSPS) is 19.9. The van der Waals surface area contributed by atoms with Crippen molar-refractivity contribution in [3.63, 3.8) is 0 Å². The molecule has 138 valence electrons. The number of para-hydroxylation sites is 1. The van der Waals surface area contributed by atoms with E-state index in [-0.39, 0.29) is 5.92 Å². The van der Waals surface area contributed by atoms with E-state index in [9.17, 15) is 4.79 Å². The largest absolute Gasteiger partial charge is 0.368 e. The Labute approximate surface area is 159 Å². The molecule has 5 nitrogen and oxygen atoms in total. The molecule has 1 aromatic carbocycles. The molecule has 3 heterocycles. The Morgan fingerprint density at radius 1 is 0.963 bits per heavy atom. The zero-order chi connectivity index (χ0) is 18.2. The molecule has 27 heavy (non-hydrogen) atoms. The molecule has 5 heteroatoms. The highest BCUT2D eigenvalue weighted by Gasteiger charge is 2.32. The van der Waals surface area contributed by atoms with Gasteiger partial charge in [0.1, 0.15) is 5.65 Å². The molecule has 2 aliphatic rings. The molecule has 5 rings (SSSR count). The molecule has 1 saturated heterocycles. The number of aromatic nitrogens is 2. The minimum absolute atomic E-state index is 0.0841. The molecule has 1 atom stereocenters. The second-order valence-electron chi connectivity index (χ2n) is 7.52. The van der Waals surface area contributed by atoms with Crippen molar-refractivity contribution in [1.29, 1.82) is 0 Å². The number of benzene rings is 1. The molecule has 0 radical (unpaired) electrons. The molecule has 0 N–H and O–H groups in total. The molecule has 1 aliphatic carbocycles. The average molecular weight is 360 g/mol. The second-order valence-corrected chi connectivity index (χ2v) is 7.52. The number of imidazole rings is 1. The fourth-order valence-electron chi connectivity index (χ4n) is 4.45. The number of aryl methyl sites for hydroxylation is 1. The van der Waals surface area contributed by atoms with Crippen molar-refractivity contribution >= 4 is 17.2 Å². The monoisotopic (exact) mass is 360 g/mol. The van der Waals surface area contributed by atoms with E-state index >= 15 is 0 Å². The van der Waals surface area contributed by atoms with Crippen molar-refractivity contribution in [2.75, 3.05) is 31.1 Å². The van der Waals surface area contributed by atoms with E-state index in [0.29, 0.717) is 5.91 Å². The number of piperazine rings is 1. The van der Waals surface area contributed by atoms with Gasteiger partial charge in [-0.3, -0.25) is 4.79 Å². The molecule has 0 saturated carbocycles. The van der Waals surface area contributed by atoms with Gasteiger partial charge >= 0.3 is 0 Å². The molecule has 3 aromatic rings. The van der Waals surface area contributed by atoms with Gasteiger partial charge in [-0.05, 0) is 37.1 Å². The minimum Gasteiger partial charge on any atom is -0.368 e. The number of amides is 1. The fraction of sp³-hybridized carbons (Fsp3) is 0.364. The smallest absolute Gasteiger partial charge is 0.226 e. The first kappa shape index (κ1) is 16.4. The van der Waals surface area contributed by atoms with Crippen molar-refractivity contribution in [3.8, 4) is 0 Å². The third-order valence-electron chi connectivity index (χ3n) is 5.94. The van der Waals surface area contributed by atoms with Gasteiger partial charge in [-0.1, -0.05) is 24.3 Å². The van der Waals surface area contributed by atoms with Crippen molar-refractivity contribution < 1.29 is 4.79 Å². The summed E-state index contributed by atoms with van der Waals surface area (Å²) in [5.41, 5.74) is 4.63. The summed E-state index contributed by atoms with van der Waals surface area (Å²) in [6.45, 7) is 3.43. The zero-order valence-electron chi connectivity index (χ0n) is 15.4. The lowest BCUT2D eigenvalue weighted by atomic mass is 9.88. The van der Waals surface area contributed by atoms with Gasteiger partial charge in [-0.2, -0.15) is 0 Å². The maximum absolute atomic E-state index is 13.1. The predicted octanol–water partition coefficient (Wildman–Crippen LogP) is 2.79. The number of fused-ring (bicyclic) bond motifs is 3. The SMILES string of the molecule is O=C(C1CCc2nc3ccccn3c2C1)N1CCN(c2ccccc2)CC1. The molecule has 0 bridgehead atoms. The Morgan fingerprint density at radius 2 is 1.74 bits per heavy atom. The maximum atomic E-state index is 13.1. The quantitative estimate of drug-likeness (QED) is 0.706. The number of nitrogens with zero attached hydrogens (tertiary/aromatic N) is 4. The molecule has 1 aliphatic heterocycles. The standard InChI is InChI=1S/C22H24N4O/c27-22(25-14-12-24(13-15-25)18-6-2-1-3-7-18)17-9-10-19-20(16-17)26-11-5-4-8-21(26)23-19/h1-8,11,17H,9-10,12-16H2. The molecule has 0 spiro atoms. The van der Waals surface area contributed by atoms with Crippen molar-refractivity contribution in [2.24, 2.45) is 5.92 Å². The number of rotatable bonds is 2. The van der Waals surface area contributed by atoms with Gasteiger partial charge in [0.15, 0.2) is 0 Å². The van der Waals surface area contributed by atoms with Gasteiger partial charge in [0.05, 0.1) is 5.69 Å². The number of hydrogen-bond acceptors (Lipinski definition) is 3. The molecular weight excluding hydrogens is 336 g/mol. The predicted molar refractivity (Wildman–Crippen MR) is 106 cm³/mol. The first-order valence-electron chi connectivity index (χ1n) is 9.83. The summed E-state index contributed by atoms with van der Waals surface area (Å²) in [6.07, 6.45) is 4.68. The van der Waals surface area contributed by atoms with Crippen LogP contribution < -0.4 is 4.90 Å². The summed E-state index contributed by atoms with van der Waals surface area (Å²) in [6, 6.07) is 16.6. The fourth-order valence-corrected chi connectivity index (χ4v) is 4.45. The Bertz CT molecular complexity index is 957. The topological polar surface area (TPSA) is 40.9 Å². The summed E-state index contributed by atoms with van der Waals surface area (Å²) in [5.74, 6) is 0.403. The molecule has 2 aromatic heterocycles. The lowest BCUT2D eigenvalue weighted by Gasteiger charge is -2.38. The number of hydrogen-bond donors (Lipinski definition) is 0. The summed E-state index contributed by atoms with van der Waals surface area (Å²) in [4.78, 5) is 22.3. The van der Waals surface area contributed by atoms with Crippen LogP contribution in [0.4, 0.5) is 5.69 Å². The molecule has 1 amide bonds. The third kappa shape index (κ3) is 2.97. The Hall–Kier alpha value is -2.82. The number of carbonyl (C=O) groups excluding carboxylic acids is 1. The van der Waals surface area contributed by atoms with Crippen LogP contribution in [-0.2, 0) is 17.6 Å². The van der Waals surface area contributed by atoms with E-state index in [1.54, 1.807) is 0 Å². The van der Waals surface area contributed by atoms with E-state index in [1.165, 1.54) is 17.1 Å². The van der Waals surface area contributed by atoms with Crippen LogP contribution in [0.25, 0.3) is 5.65 Å². The van der Waals surface area contributed by atoms with Crippen molar-refractivity contribution in [2.45, 2.75) is 19.3 Å². The van der Waals surface area contributed by atoms with E-state index in [2.05, 4.69) is 44.7 Å². The maximum Gasteiger partial charge on any atom is 0.226 e. The first-order chi connectivity index (χ1) is 13.3. The summed E-state index contributed by atoms with van der Waals surface area (Å²) >= 11 is 0. The average Bonchev–Trinajstić information content (AvgIpc) is 3.12. The first-order valence-corrected chi connectivity index (χ1v) is 9.83. The van der Waals surface area contributed by atoms with Crippen LogP contribution in [0.3, 0.4) is 0 Å². The zero-order valence-corrected chi connectivity index (χ0v) is 15.4. The summed E-state index contributed by atoms with van der Waals surface area (Å²) in [5, 5.41) is 0. The summed E-state index contributed by atoms with van der Waals surface area (Å²) < 4.78 is 2.15. The summed E-state index contributed by atoms with van der Waals surface area (Å²) in [7, 11) is 0. The van der Waals surface area contributed by atoms with Gasteiger partial charge in [0.2, 0.25) is 5.91 Å². The van der Waals surface area contributed by atoms with Gasteiger partial charge in [-0.15, -0.1) is 0 Å². The highest BCUT2D eigenvalue weighted by atomic mass is 16.2. The van der Waals surface area contributed by atoms with Crippen LogP contribution in [0.1, 0.15) is 17.8 Å². The van der Waals surface area contributed by atoms with Gasteiger partial charge in [-0.25, -0.2) is 4.98 Å². The third-order valence-corrected chi connectivity index (χ3v) is 5.94. The number of anilines is 1. The number of carbonyl (C=O) groups is 1. The number of pyridine rings is 1. The van der Waals surface area contributed by atoms with Gasteiger partial charge in [0.25, 0.3) is 0 Å². The highest BCUT2D eigenvalue weighted by molar-refractivity contribution is 5.80. The van der Waals surface area contributed by atoms with Crippen LogP contribution in [-0.4, -0.2) is 46.4 Å². The molecule has 1 fully saturated rings. The lowest BCUT2D eigenvalue weighted by molar-refractivity contribution is -0.136. The van der Waals surface area contributed by atoms with Crippen molar-refractivity contribution in [1.82, 2.24) is 14.3 Å². The van der Waals surface area contributed by atoms with E-state index in [1.807, 2.05) is 24.3 Å². The van der Waals surface area contributed by atoms with Gasteiger partial charge in [0, 0.05) is 56.1 Å². The Balaban J connectivity index is 1.27. The lowest BCUT2D eigenvalue weighted by Crippen LogP contribution is -2.51. The van der Waals surface area contributed by atoms with E-state index < -0.39 is 0 Å². The second kappa shape index (κ2) is 6.72. The minimum atomic E-state index is 0.0841. The highest BCUT2D eigenvalue weighted by Crippen LogP contribution is 2.28. The van der Waals surface area contributed by atoms with Gasteiger partial charge < -0.3 is 14.2 Å². The Kier molecular flexibility index (Phi) is 4.07. The van der Waals surface area contributed by atoms with E-state index in [0.717, 1.165) is 51.1 Å². The van der Waals surface area contributed by atoms with Crippen molar-refractivity contribution in [3.05, 3.63) is 66.1 Å². The van der Waals surface area contributed by atoms with Crippen LogP contribution in [0.15, 0.2) is 54.7 Å². The molecular formula is C22H24N4O. The van der Waals surface area contributed by atoms with Crippen LogP contribution >= 0.6 is 0 Å². The Morgan fingerprint density at radius 3 is 2.56 bits per heavy atom.